The van der Waals surface area contributed by atoms with Gasteiger partial charge in [0.15, 0.2) is 17.9 Å². The van der Waals surface area contributed by atoms with Gasteiger partial charge in [-0.1, -0.05) is 84.0 Å². The molecular weight excluding hydrogens is 568 g/mol. The molecule has 1 aliphatic heterocycles. The minimum Gasteiger partial charge on any atom is -0.394 e. The highest BCUT2D eigenvalue weighted by Gasteiger charge is 2.44. The average Bonchev–Trinajstić information content (AvgIpc) is 3.00. The molecule has 8 atom stereocenters. The van der Waals surface area contributed by atoms with Crippen LogP contribution in [0.15, 0.2) is 18.2 Å². The molecule has 0 spiro atoms. The zero-order valence-electron chi connectivity index (χ0n) is 25.1. The van der Waals surface area contributed by atoms with Crippen molar-refractivity contribution in [3.8, 4) is 0 Å². The summed E-state index contributed by atoms with van der Waals surface area (Å²) < 4.78 is 37.9. The van der Waals surface area contributed by atoms with Crippen LogP contribution in [0.25, 0.3) is 0 Å². The molecule has 0 saturated carbocycles. The van der Waals surface area contributed by atoms with Gasteiger partial charge in [-0.3, -0.25) is 4.79 Å². The number of aliphatic hydroxyl groups excluding tert-OH is 6. The molecule has 43 heavy (non-hydrogen) atoms. The maximum Gasteiger partial charge on any atom is 0.251 e. The van der Waals surface area contributed by atoms with Gasteiger partial charge in [0.25, 0.3) is 5.91 Å². The first-order valence-electron chi connectivity index (χ1n) is 15.6. The van der Waals surface area contributed by atoms with E-state index >= 15 is 0 Å². The van der Waals surface area contributed by atoms with Gasteiger partial charge in [-0.05, 0) is 24.6 Å². The fraction of sp³-hybridized carbons (Fsp3) is 0.774. The fourth-order valence-electron chi connectivity index (χ4n) is 5.15. The van der Waals surface area contributed by atoms with E-state index in [0.717, 1.165) is 37.8 Å². The highest BCUT2D eigenvalue weighted by atomic mass is 19.2. The van der Waals surface area contributed by atoms with Crippen LogP contribution in [0.5, 0.6) is 0 Å². The Morgan fingerprint density at radius 1 is 0.884 bits per heavy atom. The monoisotopic (exact) mass is 619 g/mol. The molecule has 1 aromatic rings. The minimum atomic E-state index is -1.72. The molecule has 0 radical (unpaired) electrons. The number of carbonyl (C=O) groups is 1. The Hall–Kier alpha value is -1.77. The Morgan fingerprint density at radius 2 is 1.47 bits per heavy atom. The second-order valence-corrected chi connectivity index (χ2v) is 11.5. The Kier molecular flexibility index (Phi) is 17.7. The number of unbranched alkanes of at least 4 members (excludes halogenated alkanes) is 11. The van der Waals surface area contributed by atoms with E-state index in [1.165, 1.54) is 44.9 Å². The maximum absolute atomic E-state index is 13.7. The molecule has 1 amide bonds. The van der Waals surface area contributed by atoms with Crippen molar-refractivity contribution in [3.63, 3.8) is 0 Å². The van der Waals surface area contributed by atoms with Gasteiger partial charge >= 0.3 is 0 Å². The zero-order valence-corrected chi connectivity index (χ0v) is 25.1. The van der Waals surface area contributed by atoms with Gasteiger partial charge in [0.1, 0.15) is 30.5 Å². The normalized spacial score (nSPS) is 24.4. The average molecular weight is 620 g/mol. The quantitative estimate of drug-likeness (QED) is 0.102. The first kappa shape index (κ1) is 37.4. The minimum absolute atomic E-state index is 0.232. The lowest BCUT2D eigenvalue weighted by atomic mass is 9.98. The molecule has 10 nitrogen and oxygen atoms in total. The highest BCUT2D eigenvalue weighted by molar-refractivity contribution is 5.94. The summed E-state index contributed by atoms with van der Waals surface area (Å²) in [4.78, 5) is 12.8. The van der Waals surface area contributed by atoms with E-state index < -0.39 is 79.7 Å². The van der Waals surface area contributed by atoms with Crippen molar-refractivity contribution in [3.05, 3.63) is 35.4 Å². The number of benzene rings is 1. The molecular formula is C31H51F2NO9. The third-order valence-corrected chi connectivity index (χ3v) is 7.95. The van der Waals surface area contributed by atoms with Gasteiger partial charge in [0.05, 0.1) is 25.4 Å². The van der Waals surface area contributed by atoms with Crippen molar-refractivity contribution in [2.75, 3.05) is 13.2 Å². The molecule has 1 fully saturated rings. The van der Waals surface area contributed by atoms with Crippen LogP contribution >= 0.6 is 0 Å². The number of carbonyl (C=O) groups excluding carboxylic acids is 1. The second kappa shape index (κ2) is 20.3. The zero-order chi connectivity index (χ0) is 31.8. The van der Waals surface area contributed by atoms with E-state index in [9.17, 15) is 44.2 Å². The van der Waals surface area contributed by atoms with E-state index in [0.29, 0.717) is 12.5 Å². The van der Waals surface area contributed by atoms with E-state index in [4.69, 9.17) is 9.47 Å². The Labute approximate surface area is 253 Å². The van der Waals surface area contributed by atoms with E-state index in [1.807, 2.05) is 0 Å². The number of nitrogens with one attached hydrogen (secondary N) is 1. The Morgan fingerprint density at radius 3 is 2.02 bits per heavy atom. The van der Waals surface area contributed by atoms with E-state index in [1.54, 1.807) is 0 Å². The van der Waals surface area contributed by atoms with Crippen LogP contribution in [0.1, 0.15) is 101 Å². The van der Waals surface area contributed by atoms with Crippen molar-refractivity contribution in [1.82, 2.24) is 5.32 Å². The summed E-state index contributed by atoms with van der Waals surface area (Å²) in [5.41, 5.74) is -0.237. The molecule has 1 aliphatic rings. The molecule has 2 rings (SSSR count). The van der Waals surface area contributed by atoms with E-state index in [2.05, 4.69) is 12.2 Å². The third-order valence-electron chi connectivity index (χ3n) is 7.95. The summed E-state index contributed by atoms with van der Waals surface area (Å²) >= 11 is 0. The fourth-order valence-corrected chi connectivity index (χ4v) is 5.15. The topological polar surface area (TPSA) is 169 Å². The van der Waals surface area contributed by atoms with Crippen molar-refractivity contribution in [1.29, 1.82) is 0 Å². The smallest absolute Gasteiger partial charge is 0.251 e. The van der Waals surface area contributed by atoms with Gasteiger partial charge < -0.3 is 45.4 Å². The SMILES string of the molecule is CCCCCCCCCCCCCCC(O)C(O)C(COC1OC(CO)C(O)C(O)C1O)NC(=O)c1ccc(F)c(F)c1. The van der Waals surface area contributed by atoms with Crippen molar-refractivity contribution in [2.45, 2.75) is 139 Å². The number of rotatable bonds is 21. The van der Waals surface area contributed by atoms with Crippen LogP contribution in [0, 0.1) is 11.6 Å². The van der Waals surface area contributed by atoms with Crippen LogP contribution in [0.2, 0.25) is 0 Å². The molecule has 1 heterocycles. The van der Waals surface area contributed by atoms with Crippen LogP contribution < -0.4 is 5.32 Å². The molecule has 248 valence electrons. The summed E-state index contributed by atoms with van der Waals surface area (Å²) in [7, 11) is 0. The highest BCUT2D eigenvalue weighted by Crippen LogP contribution is 2.23. The second-order valence-electron chi connectivity index (χ2n) is 11.5. The van der Waals surface area contributed by atoms with Gasteiger partial charge in [-0.15, -0.1) is 0 Å². The van der Waals surface area contributed by atoms with Crippen molar-refractivity contribution >= 4 is 5.91 Å². The first-order chi connectivity index (χ1) is 20.6. The number of hydrogen-bond acceptors (Lipinski definition) is 9. The maximum atomic E-state index is 13.7. The number of ether oxygens (including phenoxy) is 2. The first-order valence-corrected chi connectivity index (χ1v) is 15.6. The third kappa shape index (κ3) is 12.6. The largest absolute Gasteiger partial charge is 0.394 e. The van der Waals surface area contributed by atoms with Gasteiger partial charge in [-0.25, -0.2) is 8.78 Å². The number of amides is 1. The van der Waals surface area contributed by atoms with Crippen molar-refractivity contribution < 1.29 is 53.7 Å². The van der Waals surface area contributed by atoms with Gasteiger partial charge in [0, 0.05) is 5.56 Å². The lowest BCUT2D eigenvalue weighted by Crippen LogP contribution is -2.60. The molecule has 1 aromatic carbocycles. The summed E-state index contributed by atoms with van der Waals surface area (Å²) in [6.45, 7) is 0.994. The van der Waals surface area contributed by atoms with Gasteiger partial charge in [0.2, 0.25) is 0 Å². The van der Waals surface area contributed by atoms with Crippen LogP contribution in [0.3, 0.4) is 0 Å². The van der Waals surface area contributed by atoms with Crippen LogP contribution in [-0.4, -0.2) is 98.7 Å². The summed E-state index contributed by atoms with van der Waals surface area (Å²) in [6.07, 6.45) is 3.22. The molecule has 0 aliphatic carbocycles. The molecule has 1 saturated heterocycles. The molecule has 0 aromatic heterocycles. The van der Waals surface area contributed by atoms with Crippen molar-refractivity contribution in [2.24, 2.45) is 0 Å². The predicted molar refractivity (Wildman–Crippen MR) is 155 cm³/mol. The molecule has 8 unspecified atom stereocenters. The molecule has 7 N–H and O–H groups in total. The number of aliphatic hydroxyl groups is 6. The number of halogens is 2. The molecule has 0 bridgehead atoms. The predicted octanol–water partition coefficient (Wildman–Crippen LogP) is 2.69. The number of hydrogen-bond donors (Lipinski definition) is 7. The lowest BCUT2D eigenvalue weighted by Gasteiger charge is -2.40. The Bertz CT molecular complexity index is 925. The van der Waals surface area contributed by atoms with E-state index in [-0.39, 0.29) is 12.0 Å². The summed E-state index contributed by atoms with van der Waals surface area (Å²) in [6, 6.07) is 1.23. The van der Waals surface area contributed by atoms with Crippen LogP contribution in [0.4, 0.5) is 8.78 Å². The summed E-state index contributed by atoms with van der Waals surface area (Å²) in [5.74, 6) is -3.26. The lowest BCUT2D eigenvalue weighted by molar-refractivity contribution is -0.303. The van der Waals surface area contributed by atoms with Gasteiger partial charge in [-0.2, -0.15) is 0 Å². The summed E-state index contributed by atoms with van der Waals surface area (Å²) in [5, 5.41) is 63.7. The molecule has 12 heteroatoms. The standard InChI is InChI=1S/C31H51F2NO9/c1-2-3-4-5-6-7-8-9-10-11-12-13-14-24(36)26(37)23(34-30(41)20-15-16-21(32)22(33)17-20)19-42-31-29(40)28(39)27(38)25(18-35)43-31/h15-17,23-29,31,35-40H,2-14,18-19H2,1H3,(H,34,41). The van der Waals surface area contributed by atoms with Crippen LogP contribution in [-0.2, 0) is 9.47 Å². The Balaban J connectivity index is 1.89.